The van der Waals surface area contributed by atoms with E-state index in [2.05, 4.69) is 18.8 Å². The lowest BCUT2D eigenvalue weighted by Gasteiger charge is -2.15. The predicted molar refractivity (Wildman–Crippen MR) is 78.7 cm³/mol. The number of benzene rings is 1. The Morgan fingerprint density at radius 3 is 2.70 bits per heavy atom. The smallest absolute Gasteiger partial charge is 0.244 e. The highest BCUT2D eigenvalue weighted by Crippen LogP contribution is 2.33. The van der Waals surface area contributed by atoms with Crippen LogP contribution < -0.4 is 10.5 Å². The van der Waals surface area contributed by atoms with Crippen LogP contribution in [0.3, 0.4) is 0 Å². The van der Waals surface area contributed by atoms with Gasteiger partial charge in [-0.3, -0.25) is 0 Å². The Labute approximate surface area is 118 Å². The average molecular weight is 267 g/mol. The third-order valence-electron chi connectivity index (χ3n) is 3.07. The minimum absolute atomic E-state index is 0.270. The van der Waals surface area contributed by atoms with Crippen molar-refractivity contribution < 1.29 is 4.74 Å². The van der Waals surface area contributed by atoms with Gasteiger partial charge in [0.05, 0.1) is 5.56 Å². The number of nitrogens with zero attached hydrogens (tertiary/aromatic N) is 2. The molecule has 0 aliphatic rings. The highest BCUT2D eigenvalue weighted by atomic mass is 16.5. The lowest BCUT2D eigenvalue weighted by Crippen LogP contribution is -2.00. The molecule has 0 saturated heterocycles. The Hall–Kier alpha value is -2.54. The van der Waals surface area contributed by atoms with Crippen molar-refractivity contribution in [3.8, 4) is 17.7 Å². The molecule has 20 heavy (non-hydrogen) atoms. The van der Waals surface area contributed by atoms with E-state index in [1.807, 2.05) is 31.2 Å². The lowest BCUT2D eigenvalue weighted by atomic mass is 10.0. The number of rotatable bonds is 3. The van der Waals surface area contributed by atoms with Crippen molar-refractivity contribution in [1.82, 2.24) is 4.98 Å². The number of anilines is 1. The van der Waals surface area contributed by atoms with E-state index in [0.29, 0.717) is 11.5 Å². The molecular formula is C16H17N3O. The van der Waals surface area contributed by atoms with Gasteiger partial charge in [-0.25, -0.2) is 4.98 Å². The van der Waals surface area contributed by atoms with Gasteiger partial charge < -0.3 is 10.5 Å². The second-order valence-corrected chi connectivity index (χ2v) is 4.99. The van der Waals surface area contributed by atoms with Crippen molar-refractivity contribution in [2.75, 3.05) is 5.73 Å². The maximum atomic E-state index is 8.98. The number of hydrogen-bond donors (Lipinski definition) is 1. The molecular weight excluding hydrogens is 250 g/mol. The highest BCUT2D eigenvalue weighted by Gasteiger charge is 2.13. The number of nitriles is 1. The van der Waals surface area contributed by atoms with Crippen molar-refractivity contribution in [2.24, 2.45) is 0 Å². The number of nitrogens with two attached hydrogens (primary N) is 1. The zero-order chi connectivity index (χ0) is 14.7. The van der Waals surface area contributed by atoms with Crippen LogP contribution in [-0.2, 0) is 0 Å². The van der Waals surface area contributed by atoms with Crippen LogP contribution in [0.25, 0.3) is 0 Å². The first-order valence-electron chi connectivity index (χ1n) is 6.46. The van der Waals surface area contributed by atoms with Gasteiger partial charge in [-0.05, 0) is 36.1 Å². The molecule has 0 atom stereocenters. The van der Waals surface area contributed by atoms with E-state index in [4.69, 9.17) is 15.7 Å². The third-order valence-corrected chi connectivity index (χ3v) is 3.07. The minimum Gasteiger partial charge on any atom is -0.437 e. The van der Waals surface area contributed by atoms with E-state index in [9.17, 15) is 0 Å². The topological polar surface area (TPSA) is 71.9 Å². The molecule has 1 aromatic carbocycles. The molecule has 102 valence electrons. The van der Waals surface area contributed by atoms with Crippen molar-refractivity contribution in [3.63, 3.8) is 0 Å². The van der Waals surface area contributed by atoms with Gasteiger partial charge in [0, 0.05) is 6.20 Å². The first-order chi connectivity index (χ1) is 9.52. The fraction of sp³-hybridized carbons (Fsp3) is 0.250. The number of hydrogen-bond acceptors (Lipinski definition) is 4. The Morgan fingerprint density at radius 1 is 1.30 bits per heavy atom. The van der Waals surface area contributed by atoms with E-state index in [-0.39, 0.29) is 11.6 Å². The van der Waals surface area contributed by atoms with Gasteiger partial charge >= 0.3 is 0 Å². The summed E-state index contributed by atoms with van der Waals surface area (Å²) in [6, 6.07) is 9.64. The van der Waals surface area contributed by atoms with E-state index in [1.165, 1.54) is 6.20 Å². The Kier molecular flexibility index (Phi) is 3.90. The summed E-state index contributed by atoms with van der Waals surface area (Å²) in [5, 5.41) is 8.98. The molecule has 0 aliphatic carbocycles. The van der Waals surface area contributed by atoms with Crippen molar-refractivity contribution in [2.45, 2.75) is 26.7 Å². The number of aromatic nitrogens is 1. The van der Waals surface area contributed by atoms with Crippen molar-refractivity contribution >= 4 is 5.69 Å². The van der Waals surface area contributed by atoms with E-state index >= 15 is 0 Å². The van der Waals surface area contributed by atoms with Crippen LogP contribution in [0.15, 0.2) is 30.5 Å². The van der Waals surface area contributed by atoms with Crippen LogP contribution >= 0.6 is 0 Å². The van der Waals surface area contributed by atoms with E-state index < -0.39 is 0 Å². The fourth-order valence-corrected chi connectivity index (χ4v) is 1.94. The van der Waals surface area contributed by atoms with Gasteiger partial charge in [0.15, 0.2) is 0 Å². The third kappa shape index (κ3) is 2.72. The summed E-state index contributed by atoms with van der Waals surface area (Å²) in [4.78, 5) is 4.11. The van der Waals surface area contributed by atoms with Gasteiger partial charge in [-0.15, -0.1) is 0 Å². The summed E-state index contributed by atoms with van der Waals surface area (Å²) >= 11 is 0. The maximum Gasteiger partial charge on any atom is 0.244 e. The van der Waals surface area contributed by atoms with Crippen LogP contribution in [0.1, 0.15) is 36.5 Å². The van der Waals surface area contributed by atoms with Crippen molar-refractivity contribution in [3.05, 3.63) is 47.2 Å². The van der Waals surface area contributed by atoms with Gasteiger partial charge in [0.25, 0.3) is 0 Å². The molecule has 2 N–H and O–H groups in total. The molecule has 0 amide bonds. The second-order valence-electron chi connectivity index (χ2n) is 4.99. The monoisotopic (exact) mass is 267 g/mol. The quantitative estimate of drug-likeness (QED) is 0.919. The largest absolute Gasteiger partial charge is 0.437 e. The molecule has 4 heteroatoms. The number of ether oxygens (including phenoxy) is 1. The molecule has 0 aliphatic heterocycles. The molecule has 0 radical (unpaired) electrons. The Balaban J connectivity index is 2.45. The molecule has 0 unspecified atom stereocenters. The highest BCUT2D eigenvalue weighted by molar-refractivity contribution is 5.61. The molecule has 0 fully saturated rings. The summed E-state index contributed by atoms with van der Waals surface area (Å²) in [6.45, 7) is 6.19. The number of nitrogen functional groups attached to an aromatic ring is 1. The summed E-state index contributed by atoms with van der Waals surface area (Å²) in [5.41, 5.74) is 8.71. The van der Waals surface area contributed by atoms with Crippen LogP contribution in [0, 0.1) is 18.3 Å². The molecule has 0 bridgehead atoms. The van der Waals surface area contributed by atoms with Gasteiger partial charge in [-0.1, -0.05) is 26.0 Å². The summed E-state index contributed by atoms with van der Waals surface area (Å²) < 4.78 is 5.84. The van der Waals surface area contributed by atoms with Gasteiger partial charge in [-0.2, -0.15) is 5.26 Å². The predicted octanol–water partition coefficient (Wildman–Crippen LogP) is 3.76. The molecule has 4 nitrogen and oxygen atoms in total. The SMILES string of the molecule is Cc1ccc(C(C)C)c(Oc2nccc(C#N)c2N)c1. The van der Waals surface area contributed by atoms with Crippen LogP contribution in [0.5, 0.6) is 11.6 Å². The van der Waals surface area contributed by atoms with E-state index in [1.54, 1.807) is 6.07 Å². The molecule has 2 rings (SSSR count). The lowest BCUT2D eigenvalue weighted by molar-refractivity contribution is 0.456. The Morgan fingerprint density at radius 2 is 2.05 bits per heavy atom. The fourth-order valence-electron chi connectivity index (χ4n) is 1.94. The number of aryl methyl sites for hydroxylation is 1. The average Bonchev–Trinajstić information content (AvgIpc) is 2.41. The zero-order valence-corrected chi connectivity index (χ0v) is 11.8. The molecule has 1 heterocycles. The molecule has 2 aromatic rings. The zero-order valence-electron chi connectivity index (χ0n) is 11.8. The molecule has 0 saturated carbocycles. The maximum absolute atomic E-state index is 8.98. The number of pyridine rings is 1. The summed E-state index contributed by atoms with van der Waals surface area (Å²) in [6.07, 6.45) is 1.52. The normalized spacial score (nSPS) is 10.3. The first kappa shape index (κ1) is 13.9. The summed E-state index contributed by atoms with van der Waals surface area (Å²) in [5.74, 6) is 1.33. The first-order valence-corrected chi connectivity index (χ1v) is 6.46. The second kappa shape index (κ2) is 5.62. The molecule has 0 spiro atoms. The van der Waals surface area contributed by atoms with Crippen LogP contribution in [0.4, 0.5) is 5.69 Å². The summed E-state index contributed by atoms with van der Waals surface area (Å²) in [7, 11) is 0. The van der Waals surface area contributed by atoms with Gasteiger partial charge in [0.2, 0.25) is 5.88 Å². The van der Waals surface area contributed by atoms with Crippen LogP contribution in [0.2, 0.25) is 0 Å². The Bertz CT molecular complexity index is 672. The van der Waals surface area contributed by atoms with Crippen LogP contribution in [-0.4, -0.2) is 4.98 Å². The van der Waals surface area contributed by atoms with E-state index in [0.717, 1.165) is 16.9 Å². The van der Waals surface area contributed by atoms with Gasteiger partial charge in [0.1, 0.15) is 17.5 Å². The molecule has 1 aromatic heterocycles. The minimum atomic E-state index is 0.270. The standard InChI is InChI=1S/C16H17N3O/c1-10(2)13-5-4-11(3)8-14(13)20-16-15(18)12(9-17)6-7-19-16/h4-8,10H,18H2,1-3H3. The van der Waals surface area contributed by atoms with Crippen molar-refractivity contribution in [1.29, 1.82) is 5.26 Å².